The third kappa shape index (κ3) is 11.1. The summed E-state index contributed by atoms with van der Waals surface area (Å²) < 4.78 is 26.5. The van der Waals surface area contributed by atoms with Gasteiger partial charge in [-0.05, 0) is 57.2 Å². The van der Waals surface area contributed by atoms with E-state index in [9.17, 15) is 19.2 Å². The van der Waals surface area contributed by atoms with Crippen LogP contribution in [0.5, 0.6) is 11.5 Å². The standard InChI is InChI=1S/C28H43NO9/c1-8-11-14-34-28(33)36-20(7)19(6)35-27(32)22(29)15-21-12-13-23(37-25(30)17(4)9-2)24(16-21)38-26(31)18(5)10-3/h12-13,16-20,22H,8-11,14-15,29H2,1-7H3/t17?,18?,19-,20?,22-/m0/s1. The molecule has 0 aliphatic heterocycles. The number of carbonyl (C=O) groups excluding carboxylic acids is 4. The number of ether oxygens (including phenoxy) is 5. The monoisotopic (exact) mass is 537 g/mol. The summed E-state index contributed by atoms with van der Waals surface area (Å²) in [4.78, 5) is 49.1. The molecule has 0 aliphatic rings. The molecule has 214 valence electrons. The van der Waals surface area contributed by atoms with Crippen LogP contribution in [-0.4, -0.2) is 48.9 Å². The summed E-state index contributed by atoms with van der Waals surface area (Å²) >= 11 is 0. The largest absolute Gasteiger partial charge is 0.508 e. The third-order valence-electron chi connectivity index (χ3n) is 6.18. The maximum atomic E-state index is 12.6. The predicted octanol–water partition coefficient (Wildman–Crippen LogP) is 4.73. The van der Waals surface area contributed by atoms with Crippen LogP contribution in [-0.2, 0) is 35.0 Å². The van der Waals surface area contributed by atoms with Crippen LogP contribution in [0, 0.1) is 11.8 Å². The van der Waals surface area contributed by atoms with Gasteiger partial charge in [0.15, 0.2) is 11.5 Å². The zero-order valence-electron chi connectivity index (χ0n) is 23.6. The quantitative estimate of drug-likeness (QED) is 0.190. The highest BCUT2D eigenvalue weighted by Gasteiger charge is 2.26. The fraction of sp³-hybridized carbons (Fsp3) is 0.643. The summed E-state index contributed by atoms with van der Waals surface area (Å²) in [5.74, 6) is -2.12. The second-order valence-corrected chi connectivity index (χ2v) is 9.47. The summed E-state index contributed by atoms with van der Waals surface area (Å²) in [6.45, 7) is 12.6. The van der Waals surface area contributed by atoms with Gasteiger partial charge in [0.05, 0.1) is 18.4 Å². The van der Waals surface area contributed by atoms with Crippen LogP contribution in [0.1, 0.15) is 79.7 Å². The van der Waals surface area contributed by atoms with Crippen molar-refractivity contribution in [2.24, 2.45) is 17.6 Å². The minimum Gasteiger partial charge on any atom is -0.458 e. The Hall–Kier alpha value is -3.14. The van der Waals surface area contributed by atoms with E-state index in [4.69, 9.17) is 29.4 Å². The molecule has 1 aromatic carbocycles. The number of nitrogens with two attached hydrogens (primary N) is 1. The van der Waals surface area contributed by atoms with Crippen molar-refractivity contribution >= 4 is 24.1 Å². The number of hydrogen-bond donors (Lipinski definition) is 1. The molecule has 10 nitrogen and oxygen atoms in total. The summed E-state index contributed by atoms with van der Waals surface area (Å²) in [6.07, 6.45) is 0.504. The molecule has 0 aromatic heterocycles. The number of carbonyl (C=O) groups is 4. The first-order chi connectivity index (χ1) is 17.9. The molecular formula is C28H43NO9. The molecule has 0 spiro atoms. The minimum atomic E-state index is -1.05. The Labute approximate surface area is 225 Å². The topological polar surface area (TPSA) is 140 Å². The lowest BCUT2D eigenvalue weighted by molar-refractivity contribution is -0.155. The zero-order valence-corrected chi connectivity index (χ0v) is 23.6. The van der Waals surface area contributed by atoms with Crippen LogP contribution >= 0.6 is 0 Å². The van der Waals surface area contributed by atoms with Gasteiger partial charge in [-0.25, -0.2) is 4.79 Å². The van der Waals surface area contributed by atoms with Gasteiger partial charge in [-0.1, -0.05) is 47.1 Å². The van der Waals surface area contributed by atoms with Crippen LogP contribution in [0.4, 0.5) is 4.79 Å². The minimum absolute atomic E-state index is 0.0628. The molecule has 38 heavy (non-hydrogen) atoms. The molecule has 0 amide bonds. The summed E-state index contributed by atoms with van der Waals surface area (Å²) in [7, 11) is 0. The lowest BCUT2D eigenvalue weighted by Crippen LogP contribution is -2.39. The Morgan fingerprint density at radius 2 is 1.34 bits per heavy atom. The van der Waals surface area contributed by atoms with E-state index >= 15 is 0 Å². The van der Waals surface area contributed by atoms with Crippen LogP contribution in [0.3, 0.4) is 0 Å². The van der Waals surface area contributed by atoms with E-state index in [1.165, 1.54) is 12.1 Å². The fourth-order valence-electron chi connectivity index (χ4n) is 2.88. The number of benzene rings is 1. The first-order valence-corrected chi connectivity index (χ1v) is 13.3. The van der Waals surface area contributed by atoms with Gasteiger partial charge in [-0.15, -0.1) is 0 Å². The second kappa shape index (κ2) is 16.7. The molecule has 2 N–H and O–H groups in total. The van der Waals surface area contributed by atoms with Gasteiger partial charge >= 0.3 is 24.1 Å². The molecule has 10 heteroatoms. The molecule has 0 saturated heterocycles. The number of esters is 3. The Morgan fingerprint density at radius 1 is 0.789 bits per heavy atom. The zero-order chi connectivity index (χ0) is 28.8. The Balaban J connectivity index is 2.89. The summed E-state index contributed by atoms with van der Waals surface area (Å²) in [6, 6.07) is 3.62. The highest BCUT2D eigenvalue weighted by atomic mass is 16.7. The van der Waals surface area contributed by atoms with Crippen LogP contribution in [0.15, 0.2) is 18.2 Å². The van der Waals surface area contributed by atoms with Crippen molar-refractivity contribution in [3.8, 4) is 11.5 Å². The molecule has 0 heterocycles. The van der Waals surface area contributed by atoms with Gasteiger partial charge in [0.2, 0.25) is 0 Å². The highest BCUT2D eigenvalue weighted by Crippen LogP contribution is 2.31. The second-order valence-electron chi connectivity index (χ2n) is 9.47. The van der Waals surface area contributed by atoms with Crippen LogP contribution < -0.4 is 15.2 Å². The molecule has 5 atom stereocenters. The van der Waals surface area contributed by atoms with Gasteiger partial charge < -0.3 is 29.4 Å². The molecule has 1 aromatic rings. The Bertz CT molecular complexity index is 933. The summed E-state index contributed by atoms with van der Waals surface area (Å²) in [5.41, 5.74) is 6.65. The van der Waals surface area contributed by atoms with Crippen molar-refractivity contribution in [2.45, 2.75) is 98.8 Å². The average Bonchev–Trinajstić information content (AvgIpc) is 2.88. The van der Waals surface area contributed by atoms with E-state index in [0.29, 0.717) is 18.4 Å². The molecule has 0 saturated carbocycles. The van der Waals surface area contributed by atoms with Crippen LogP contribution in [0.25, 0.3) is 0 Å². The Kier molecular flexibility index (Phi) is 14.4. The van der Waals surface area contributed by atoms with E-state index < -0.39 is 42.3 Å². The van der Waals surface area contributed by atoms with E-state index in [1.807, 2.05) is 20.8 Å². The normalized spacial score (nSPS) is 14.8. The lowest BCUT2D eigenvalue weighted by atomic mass is 10.1. The maximum Gasteiger partial charge on any atom is 0.508 e. The van der Waals surface area contributed by atoms with Gasteiger partial charge in [0.1, 0.15) is 18.2 Å². The predicted molar refractivity (Wildman–Crippen MR) is 141 cm³/mol. The molecule has 0 fully saturated rings. The van der Waals surface area contributed by atoms with Crippen LogP contribution in [0.2, 0.25) is 0 Å². The van der Waals surface area contributed by atoms with Gasteiger partial charge in [0.25, 0.3) is 0 Å². The van der Waals surface area contributed by atoms with Gasteiger partial charge in [-0.3, -0.25) is 14.4 Å². The third-order valence-corrected chi connectivity index (χ3v) is 6.18. The number of unbranched alkanes of at least 4 members (excludes halogenated alkanes) is 1. The van der Waals surface area contributed by atoms with E-state index in [-0.39, 0.29) is 36.4 Å². The SMILES string of the molecule is CCCCOC(=O)OC(C)[C@H](C)OC(=O)[C@@H](N)Cc1ccc(OC(=O)C(C)CC)c(OC(=O)C(C)CC)c1. The molecule has 0 radical (unpaired) electrons. The van der Waals surface area contributed by atoms with Crippen molar-refractivity contribution < 1.29 is 42.9 Å². The van der Waals surface area contributed by atoms with Crippen molar-refractivity contribution in [3.63, 3.8) is 0 Å². The highest BCUT2D eigenvalue weighted by molar-refractivity contribution is 5.79. The van der Waals surface area contributed by atoms with E-state index in [1.54, 1.807) is 33.8 Å². The van der Waals surface area contributed by atoms with E-state index in [0.717, 1.165) is 12.8 Å². The van der Waals surface area contributed by atoms with Crippen molar-refractivity contribution in [3.05, 3.63) is 23.8 Å². The molecule has 0 bridgehead atoms. The summed E-state index contributed by atoms with van der Waals surface area (Å²) in [5, 5.41) is 0. The molecule has 3 unspecified atom stereocenters. The molecular weight excluding hydrogens is 494 g/mol. The number of hydrogen-bond acceptors (Lipinski definition) is 10. The van der Waals surface area contributed by atoms with Gasteiger partial charge in [-0.2, -0.15) is 0 Å². The lowest BCUT2D eigenvalue weighted by Gasteiger charge is -2.22. The smallest absolute Gasteiger partial charge is 0.458 e. The Morgan fingerprint density at radius 3 is 1.89 bits per heavy atom. The van der Waals surface area contributed by atoms with Gasteiger partial charge in [0, 0.05) is 0 Å². The first kappa shape index (κ1) is 32.9. The molecule has 0 aliphatic carbocycles. The van der Waals surface area contributed by atoms with Crippen molar-refractivity contribution in [1.82, 2.24) is 0 Å². The van der Waals surface area contributed by atoms with Crippen molar-refractivity contribution in [2.75, 3.05) is 6.61 Å². The van der Waals surface area contributed by atoms with Crippen molar-refractivity contribution in [1.29, 1.82) is 0 Å². The molecule has 1 rings (SSSR count). The average molecular weight is 538 g/mol. The maximum absolute atomic E-state index is 12.6. The van der Waals surface area contributed by atoms with E-state index in [2.05, 4.69) is 0 Å². The number of rotatable bonds is 15. The fourth-order valence-corrected chi connectivity index (χ4v) is 2.88. The first-order valence-electron chi connectivity index (χ1n) is 13.3.